The Balaban J connectivity index is 1.69. The van der Waals surface area contributed by atoms with Crippen LogP contribution in [0.25, 0.3) is 0 Å². The van der Waals surface area contributed by atoms with Crippen LogP contribution in [0.4, 0.5) is 0 Å². The van der Waals surface area contributed by atoms with Gasteiger partial charge in [0.05, 0.1) is 7.11 Å². The van der Waals surface area contributed by atoms with Gasteiger partial charge in [-0.15, -0.1) is 0 Å². The number of carbonyl (C=O) groups excluding carboxylic acids is 1. The summed E-state index contributed by atoms with van der Waals surface area (Å²) in [6.45, 7) is 10.7. The second-order valence-electron chi connectivity index (χ2n) is 9.69. The molecule has 3 heteroatoms. The number of ether oxygens (including phenoxy) is 1. The van der Waals surface area contributed by atoms with Gasteiger partial charge in [-0.2, -0.15) is 0 Å². The Morgan fingerprint density at radius 1 is 1.19 bits per heavy atom. The van der Waals surface area contributed by atoms with E-state index in [0.29, 0.717) is 18.8 Å². The van der Waals surface area contributed by atoms with Crippen LogP contribution < -0.4 is 4.74 Å². The minimum atomic E-state index is 0.236. The Bertz CT molecular complexity index is 946. The molecule has 1 heterocycles. The van der Waals surface area contributed by atoms with Crippen molar-refractivity contribution in [1.29, 1.82) is 0 Å². The number of aryl methyl sites for hydroxylation is 1. The SMILES string of the molecule is C=C(CCC)Cc1ccc(Cc2ccc(C(=O)CC3CCCC(C)C3)cc2OC)nc1C. The van der Waals surface area contributed by atoms with E-state index in [1.54, 1.807) is 7.11 Å². The maximum Gasteiger partial charge on any atom is 0.163 e. The van der Waals surface area contributed by atoms with E-state index >= 15 is 0 Å². The van der Waals surface area contributed by atoms with E-state index in [0.717, 1.165) is 53.4 Å². The summed E-state index contributed by atoms with van der Waals surface area (Å²) < 4.78 is 5.66. The number of benzene rings is 1. The summed E-state index contributed by atoms with van der Waals surface area (Å²) in [6.07, 6.45) is 9.32. The van der Waals surface area contributed by atoms with Gasteiger partial charge in [-0.3, -0.25) is 9.78 Å². The highest BCUT2D eigenvalue weighted by Gasteiger charge is 2.22. The molecule has 1 aromatic carbocycles. The minimum absolute atomic E-state index is 0.236. The second-order valence-corrected chi connectivity index (χ2v) is 9.69. The van der Waals surface area contributed by atoms with Gasteiger partial charge < -0.3 is 4.74 Å². The number of Topliss-reactive ketones (excluding diaryl/α,β-unsaturated/α-hetero) is 1. The van der Waals surface area contributed by atoms with Gasteiger partial charge in [0.2, 0.25) is 0 Å². The number of nitrogens with zero attached hydrogens (tertiary/aromatic N) is 1. The van der Waals surface area contributed by atoms with E-state index in [-0.39, 0.29) is 5.78 Å². The maximum absolute atomic E-state index is 12.9. The molecule has 0 bridgehead atoms. The molecular weight excluding hydrogens is 394 g/mol. The third-order valence-electron chi connectivity index (χ3n) is 6.80. The quantitative estimate of drug-likeness (QED) is 0.292. The lowest BCUT2D eigenvalue weighted by Gasteiger charge is -2.26. The molecule has 32 heavy (non-hydrogen) atoms. The molecule has 0 radical (unpaired) electrons. The third kappa shape index (κ3) is 6.54. The molecule has 1 aromatic heterocycles. The first kappa shape index (κ1) is 24.2. The Morgan fingerprint density at radius 2 is 1.97 bits per heavy atom. The molecule has 1 saturated carbocycles. The summed E-state index contributed by atoms with van der Waals surface area (Å²) in [5.41, 5.74) is 6.41. The highest BCUT2D eigenvalue weighted by atomic mass is 16.5. The number of aromatic nitrogens is 1. The predicted molar refractivity (Wildman–Crippen MR) is 133 cm³/mol. The van der Waals surface area contributed by atoms with Gasteiger partial charge in [0.1, 0.15) is 5.75 Å². The highest BCUT2D eigenvalue weighted by molar-refractivity contribution is 5.96. The van der Waals surface area contributed by atoms with Gasteiger partial charge in [0.25, 0.3) is 0 Å². The Hall–Kier alpha value is -2.42. The van der Waals surface area contributed by atoms with E-state index in [1.165, 1.54) is 36.8 Å². The molecule has 172 valence electrons. The van der Waals surface area contributed by atoms with Crippen LogP contribution in [0.2, 0.25) is 0 Å². The van der Waals surface area contributed by atoms with Gasteiger partial charge in [0.15, 0.2) is 5.78 Å². The lowest BCUT2D eigenvalue weighted by Crippen LogP contribution is -2.17. The van der Waals surface area contributed by atoms with Crippen LogP contribution >= 0.6 is 0 Å². The molecule has 1 aliphatic rings. The van der Waals surface area contributed by atoms with Crippen molar-refractivity contribution in [1.82, 2.24) is 4.98 Å². The molecule has 1 fully saturated rings. The summed E-state index contributed by atoms with van der Waals surface area (Å²) >= 11 is 0. The first-order valence-corrected chi connectivity index (χ1v) is 12.2. The molecule has 0 aliphatic heterocycles. The lowest BCUT2D eigenvalue weighted by atomic mass is 9.79. The topological polar surface area (TPSA) is 39.2 Å². The first-order valence-electron chi connectivity index (χ1n) is 12.2. The zero-order valence-electron chi connectivity index (χ0n) is 20.4. The highest BCUT2D eigenvalue weighted by Crippen LogP contribution is 2.32. The molecular formula is C29H39NO2. The van der Waals surface area contributed by atoms with Crippen LogP contribution in [-0.2, 0) is 12.8 Å². The fourth-order valence-corrected chi connectivity index (χ4v) is 5.02. The summed E-state index contributed by atoms with van der Waals surface area (Å²) in [5, 5.41) is 0. The molecule has 0 amide bonds. The average molecular weight is 434 g/mol. The predicted octanol–water partition coefficient (Wildman–Crippen LogP) is 7.29. The van der Waals surface area contributed by atoms with Crippen molar-refractivity contribution in [3.05, 3.63) is 70.6 Å². The monoisotopic (exact) mass is 433 g/mol. The number of ketones is 1. The van der Waals surface area contributed by atoms with Crippen molar-refractivity contribution in [2.75, 3.05) is 7.11 Å². The number of hydrogen-bond acceptors (Lipinski definition) is 3. The van der Waals surface area contributed by atoms with Crippen LogP contribution in [0.5, 0.6) is 5.75 Å². The van der Waals surface area contributed by atoms with Crippen LogP contribution in [0.15, 0.2) is 42.5 Å². The van der Waals surface area contributed by atoms with E-state index < -0.39 is 0 Å². The number of hydrogen-bond donors (Lipinski definition) is 0. The zero-order chi connectivity index (χ0) is 23.1. The zero-order valence-corrected chi connectivity index (χ0v) is 20.4. The van der Waals surface area contributed by atoms with Gasteiger partial charge in [0, 0.05) is 35.4 Å². The summed E-state index contributed by atoms with van der Waals surface area (Å²) in [6, 6.07) is 10.2. The summed E-state index contributed by atoms with van der Waals surface area (Å²) in [5.74, 6) is 2.27. The maximum atomic E-state index is 12.9. The molecule has 1 aliphatic carbocycles. The van der Waals surface area contributed by atoms with Crippen molar-refractivity contribution in [2.24, 2.45) is 11.8 Å². The van der Waals surface area contributed by atoms with Crippen molar-refractivity contribution < 1.29 is 9.53 Å². The fourth-order valence-electron chi connectivity index (χ4n) is 5.02. The largest absolute Gasteiger partial charge is 0.496 e. The van der Waals surface area contributed by atoms with Crippen LogP contribution in [-0.4, -0.2) is 17.9 Å². The van der Waals surface area contributed by atoms with Crippen LogP contribution in [0.3, 0.4) is 0 Å². The van der Waals surface area contributed by atoms with Gasteiger partial charge in [-0.1, -0.05) is 63.5 Å². The Labute approximate surface area is 194 Å². The van der Waals surface area contributed by atoms with E-state index in [9.17, 15) is 4.79 Å². The van der Waals surface area contributed by atoms with Crippen LogP contribution in [0, 0.1) is 18.8 Å². The van der Waals surface area contributed by atoms with Crippen molar-refractivity contribution in [3.8, 4) is 5.75 Å². The third-order valence-corrected chi connectivity index (χ3v) is 6.80. The van der Waals surface area contributed by atoms with Crippen molar-refractivity contribution in [3.63, 3.8) is 0 Å². The molecule has 0 spiro atoms. The summed E-state index contributed by atoms with van der Waals surface area (Å²) in [7, 11) is 1.68. The van der Waals surface area contributed by atoms with Crippen LogP contribution in [0.1, 0.15) is 91.7 Å². The lowest BCUT2D eigenvalue weighted by molar-refractivity contribution is 0.0942. The van der Waals surface area contributed by atoms with E-state index in [2.05, 4.69) is 39.5 Å². The first-order chi connectivity index (χ1) is 15.4. The molecule has 3 nitrogen and oxygen atoms in total. The molecule has 2 aromatic rings. The number of pyridine rings is 1. The molecule has 2 atom stereocenters. The Kier molecular flexibility index (Phi) is 8.67. The molecule has 0 N–H and O–H groups in total. The molecule has 0 saturated heterocycles. The van der Waals surface area contributed by atoms with Gasteiger partial charge >= 0.3 is 0 Å². The summed E-state index contributed by atoms with van der Waals surface area (Å²) in [4.78, 5) is 17.7. The van der Waals surface area contributed by atoms with E-state index in [4.69, 9.17) is 9.72 Å². The molecule has 3 rings (SSSR count). The van der Waals surface area contributed by atoms with Gasteiger partial charge in [-0.25, -0.2) is 0 Å². The van der Waals surface area contributed by atoms with Gasteiger partial charge in [-0.05, 0) is 62.1 Å². The number of methoxy groups -OCH3 is 1. The minimum Gasteiger partial charge on any atom is -0.496 e. The average Bonchev–Trinajstić information content (AvgIpc) is 2.76. The Morgan fingerprint density at radius 3 is 2.66 bits per heavy atom. The molecule has 2 unspecified atom stereocenters. The standard InChI is InChI=1S/C29H39NO2/c1-6-8-20(2)16-24-13-14-27(30-22(24)4)18-26-12-11-25(19-29(26)32-5)28(31)17-23-10-7-9-21(3)15-23/h11-14,19,21,23H,2,6-10,15-18H2,1,3-5H3. The number of allylic oxidation sites excluding steroid dienone is 1. The normalized spacial score (nSPS) is 18.4. The number of rotatable bonds is 10. The van der Waals surface area contributed by atoms with E-state index in [1.807, 2.05) is 18.2 Å². The smallest absolute Gasteiger partial charge is 0.163 e. The second kappa shape index (κ2) is 11.4. The fraction of sp³-hybridized carbons (Fsp3) is 0.517. The number of carbonyl (C=O) groups is 1. The van der Waals surface area contributed by atoms with Crippen molar-refractivity contribution in [2.45, 2.75) is 78.6 Å². The van der Waals surface area contributed by atoms with Crippen molar-refractivity contribution >= 4 is 5.78 Å².